The molecule has 0 saturated heterocycles. The number of methoxy groups -OCH3 is 3. The largest absolute Gasteiger partial charge is 0.493 e. The van der Waals surface area contributed by atoms with Crippen LogP contribution in [0.4, 0.5) is 0 Å². The van der Waals surface area contributed by atoms with Crippen molar-refractivity contribution >= 4 is 30.8 Å². The Morgan fingerprint density at radius 3 is 2.05 bits per heavy atom. The summed E-state index contributed by atoms with van der Waals surface area (Å²) in [4.78, 5) is 1.54. The van der Waals surface area contributed by atoms with Crippen molar-refractivity contribution in [1.82, 2.24) is 4.83 Å². The average molecular weight is 545 g/mol. The van der Waals surface area contributed by atoms with Crippen LogP contribution in [0.15, 0.2) is 90.9 Å². The Hall–Kier alpha value is -4.03. The van der Waals surface area contributed by atoms with E-state index in [-0.39, 0.29) is 26.0 Å². The lowest BCUT2D eigenvalue weighted by atomic mass is 10.2. The monoisotopic (exact) mass is 544 g/mol. The SMILES string of the molecule is COc1ccc(S(=O)(=O)NN=c2oc3c(OC)cccc3cc2S(=O)(=O)c2ccc(C)cc2)cc1OC. The number of nitrogens with one attached hydrogen (secondary N) is 1. The Kier molecular flexibility index (Phi) is 7.14. The summed E-state index contributed by atoms with van der Waals surface area (Å²) in [5, 5.41) is 4.30. The maximum atomic E-state index is 13.6. The van der Waals surface area contributed by atoms with E-state index in [0.717, 1.165) is 5.56 Å². The third-order valence-electron chi connectivity index (χ3n) is 5.48. The van der Waals surface area contributed by atoms with Gasteiger partial charge in [-0.2, -0.15) is 13.2 Å². The molecular formula is C25H24N2O8S2. The molecule has 10 nitrogen and oxygen atoms in total. The zero-order chi connectivity index (χ0) is 26.8. The van der Waals surface area contributed by atoms with E-state index in [1.54, 1.807) is 30.3 Å². The Bertz CT molecular complexity index is 1740. The highest BCUT2D eigenvalue weighted by Crippen LogP contribution is 2.30. The number of hydrogen-bond acceptors (Lipinski definition) is 9. The molecule has 0 spiro atoms. The predicted molar refractivity (Wildman–Crippen MR) is 135 cm³/mol. The highest BCUT2D eigenvalue weighted by molar-refractivity contribution is 7.91. The molecule has 4 aromatic rings. The molecule has 0 bridgehead atoms. The summed E-state index contributed by atoms with van der Waals surface area (Å²) in [5.74, 6) is 0.839. The Labute approximate surface area is 214 Å². The second-order valence-electron chi connectivity index (χ2n) is 7.83. The van der Waals surface area contributed by atoms with Crippen molar-refractivity contribution in [2.24, 2.45) is 5.10 Å². The third-order valence-corrected chi connectivity index (χ3v) is 8.45. The Balaban J connectivity index is 1.90. The summed E-state index contributed by atoms with van der Waals surface area (Å²) >= 11 is 0. The van der Waals surface area contributed by atoms with Crippen LogP contribution in [0.5, 0.6) is 17.2 Å². The molecule has 0 saturated carbocycles. The summed E-state index contributed by atoms with van der Waals surface area (Å²) in [5.41, 5.74) is 0.595. The molecule has 0 unspecified atom stereocenters. The van der Waals surface area contributed by atoms with Gasteiger partial charge in [0.2, 0.25) is 9.84 Å². The van der Waals surface area contributed by atoms with Gasteiger partial charge in [-0.25, -0.2) is 8.42 Å². The molecule has 0 aliphatic rings. The summed E-state index contributed by atoms with van der Waals surface area (Å²) in [7, 11) is -4.18. The minimum Gasteiger partial charge on any atom is -0.493 e. The summed E-state index contributed by atoms with van der Waals surface area (Å²) in [6.45, 7) is 1.83. The van der Waals surface area contributed by atoms with E-state index < -0.39 is 25.4 Å². The van der Waals surface area contributed by atoms with Crippen molar-refractivity contribution < 1.29 is 35.5 Å². The lowest BCUT2D eigenvalue weighted by molar-refractivity contribution is 0.354. The Morgan fingerprint density at radius 2 is 1.41 bits per heavy atom. The van der Waals surface area contributed by atoms with Crippen molar-refractivity contribution in [2.45, 2.75) is 21.6 Å². The Morgan fingerprint density at radius 1 is 0.757 bits per heavy atom. The molecule has 0 aliphatic heterocycles. The smallest absolute Gasteiger partial charge is 0.276 e. The van der Waals surface area contributed by atoms with Crippen molar-refractivity contribution in [2.75, 3.05) is 21.3 Å². The van der Waals surface area contributed by atoms with Gasteiger partial charge in [-0.05, 0) is 43.3 Å². The lowest BCUT2D eigenvalue weighted by Gasteiger charge is -2.11. The molecule has 194 valence electrons. The molecule has 1 heterocycles. The molecule has 1 N–H and O–H groups in total. The second kappa shape index (κ2) is 10.1. The molecule has 0 atom stereocenters. The predicted octanol–water partition coefficient (Wildman–Crippen LogP) is 3.39. The van der Waals surface area contributed by atoms with E-state index >= 15 is 0 Å². The second-order valence-corrected chi connectivity index (χ2v) is 11.4. The standard InChI is InChI=1S/C25H24N2O8S2/c1-16-8-10-18(11-9-16)36(28,29)23-14-17-6-5-7-21(33-3)24(17)35-25(23)26-27-37(30,31)19-12-13-20(32-2)22(15-19)34-4/h5-15,27H,1-4H3. The van der Waals surface area contributed by atoms with Crippen LogP contribution in [0.1, 0.15) is 5.56 Å². The maximum absolute atomic E-state index is 13.6. The van der Waals surface area contributed by atoms with E-state index in [9.17, 15) is 16.8 Å². The minimum absolute atomic E-state index is 0.00487. The van der Waals surface area contributed by atoms with Crippen molar-refractivity contribution in [3.63, 3.8) is 0 Å². The first-order valence-corrected chi connectivity index (χ1v) is 13.8. The van der Waals surface area contributed by atoms with Crippen LogP contribution in [0.2, 0.25) is 0 Å². The summed E-state index contributed by atoms with van der Waals surface area (Å²) in [6.07, 6.45) is 0. The molecule has 12 heteroatoms. The molecule has 0 radical (unpaired) electrons. The summed E-state index contributed by atoms with van der Waals surface area (Å²) in [6, 6.07) is 16.5. The number of hydrogen-bond donors (Lipinski definition) is 1. The van der Waals surface area contributed by atoms with E-state index in [1.807, 2.05) is 6.92 Å². The summed E-state index contributed by atoms with van der Waals surface area (Å²) < 4.78 is 74.6. The lowest BCUT2D eigenvalue weighted by Crippen LogP contribution is -2.24. The van der Waals surface area contributed by atoms with Gasteiger partial charge in [0.05, 0.1) is 31.1 Å². The molecule has 0 amide bonds. The van der Waals surface area contributed by atoms with Crippen molar-refractivity contribution in [3.05, 3.63) is 77.8 Å². The number of fused-ring (bicyclic) bond motifs is 1. The molecule has 0 aliphatic carbocycles. The maximum Gasteiger partial charge on any atom is 0.276 e. The van der Waals surface area contributed by atoms with Crippen LogP contribution in [0, 0.1) is 6.92 Å². The van der Waals surface area contributed by atoms with Crippen LogP contribution in [0.3, 0.4) is 0 Å². The highest BCUT2D eigenvalue weighted by atomic mass is 32.2. The van der Waals surface area contributed by atoms with E-state index in [4.69, 9.17) is 18.6 Å². The molecule has 1 aromatic heterocycles. The molecule has 4 rings (SSSR count). The number of rotatable bonds is 8. The first kappa shape index (κ1) is 26.0. The van der Waals surface area contributed by atoms with Gasteiger partial charge in [0.1, 0.15) is 4.90 Å². The van der Waals surface area contributed by atoms with E-state index in [0.29, 0.717) is 16.9 Å². The fourth-order valence-corrected chi connectivity index (χ4v) is 5.68. The molecule has 0 fully saturated rings. The van der Waals surface area contributed by atoms with E-state index in [2.05, 4.69) is 9.93 Å². The number of nitrogens with zero attached hydrogens (tertiary/aromatic N) is 1. The number of sulfone groups is 1. The fourth-order valence-electron chi connectivity index (χ4n) is 3.52. The molecule has 3 aromatic carbocycles. The molecule has 37 heavy (non-hydrogen) atoms. The number of sulfonamides is 1. The minimum atomic E-state index is -4.26. The topological polar surface area (TPSA) is 134 Å². The first-order chi connectivity index (χ1) is 17.6. The van der Waals surface area contributed by atoms with Gasteiger partial charge in [-0.1, -0.05) is 29.8 Å². The number of ether oxygens (including phenoxy) is 3. The fraction of sp³-hybridized carbons (Fsp3) is 0.160. The normalized spacial score (nSPS) is 12.4. The van der Waals surface area contributed by atoms with Crippen molar-refractivity contribution in [1.29, 1.82) is 0 Å². The quantitative estimate of drug-likeness (QED) is 0.334. The van der Waals surface area contributed by atoms with Gasteiger partial charge in [0.25, 0.3) is 15.6 Å². The van der Waals surface area contributed by atoms with Gasteiger partial charge in [-0.3, -0.25) is 0 Å². The zero-order valence-electron chi connectivity index (χ0n) is 20.4. The number of aryl methyl sites for hydroxylation is 1. The van der Waals surface area contributed by atoms with Crippen LogP contribution in [-0.4, -0.2) is 38.2 Å². The first-order valence-electron chi connectivity index (χ1n) is 10.8. The van der Waals surface area contributed by atoms with Gasteiger partial charge in [-0.15, -0.1) is 5.10 Å². The number of para-hydroxylation sites is 1. The van der Waals surface area contributed by atoms with Crippen LogP contribution < -0.4 is 24.6 Å². The third kappa shape index (κ3) is 5.11. The van der Waals surface area contributed by atoms with E-state index in [1.165, 1.54) is 57.7 Å². The zero-order valence-corrected chi connectivity index (χ0v) is 22.0. The van der Waals surface area contributed by atoms with Gasteiger partial charge in [0, 0.05) is 11.5 Å². The van der Waals surface area contributed by atoms with Crippen LogP contribution >= 0.6 is 0 Å². The van der Waals surface area contributed by atoms with Crippen LogP contribution in [0.25, 0.3) is 11.0 Å². The van der Waals surface area contributed by atoms with Crippen LogP contribution in [-0.2, 0) is 19.9 Å². The van der Waals surface area contributed by atoms with Gasteiger partial charge >= 0.3 is 0 Å². The van der Waals surface area contributed by atoms with Crippen molar-refractivity contribution in [3.8, 4) is 17.2 Å². The van der Waals surface area contributed by atoms with Gasteiger partial charge < -0.3 is 18.6 Å². The average Bonchev–Trinajstić information content (AvgIpc) is 2.90. The highest BCUT2D eigenvalue weighted by Gasteiger charge is 2.24. The number of benzene rings is 3. The van der Waals surface area contributed by atoms with Gasteiger partial charge in [0.15, 0.2) is 22.8 Å². The molecular weight excluding hydrogens is 520 g/mol.